The quantitative estimate of drug-likeness (QED) is 0.839. The summed E-state index contributed by atoms with van der Waals surface area (Å²) < 4.78 is 5.35. The summed E-state index contributed by atoms with van der Waals surface area (Å²) in [6.45, 7) is 0. The lowest BCUT2D eigenvalue weighted by Gasteiger charge is -2.31. The Morgan fingerprint density at radius 2 is 1.82 bits per heavy atom. The third-order valence-electron chi connectivity index (χ3n) is 3.59. The fourth-order valence-corrected chi connectivity index (χ4v) is 3.12. The molecule has 0 unspecified atom stereocenters. The number of aliphatic carboxylic acids is 1. The molecular formula is C16H10Cl2O4. The molecule has 0 fully saturated rings. The molecule has 0 amide bonds. The zero-order valence-electron chi connectivity index (χ0n) is 11.1. The molecule has 112 valence electrons. The van der Waals surface area contributed by atoms with Crippen molar-refractivity contribution < 1.29 is 19.4 Å². The number of carboxylic acids is 1. The number of carboxylic acid groups (broad SMARTS) is 1. The summed E-state index contributed by atoms with van der Waals surface area (Å²) >= 11 is 12.0. The number of carbonyl (C=O) groups is 2. The van der Waals surface area contributed by atoms with Crippen molar-refractivity contribution in [3.05, 3.63) is 69.2 Å². The Balaban J connectivity index is 2.16. The molecule has 0 bridgehead atoms. The van der Waals surface area contributed by atoms with E-state index in [1.807, 2.05) is 0 Å². The van der Waals surface area contributed by atoms with Gasteiger partial charge >= 0.3 is 11.9 Å². The van der Waals surface area contributed by atoms with Crippen LogP contribution in [0.5, 0.6) is 0 Å². The predicted octanol–water partition coefficient (Wildman–Crippen LogP) is 4.07. The molecule has 0 saturated carbocycles. The monoisotopic (exact) mass is 336 g/mol. The van der Waals surface area contributed by atoms with Crippen LogP contribution in [-0.4, -0.2) is 17.0 Å². The van der Waals surface area contributed by atoms with E-state index in [2.05, 4.69) is 0 Å². The second-order valence-corrected chi connectivity index (χ2v) is 5.74. The summed E-state index contributed by atoms with van der Waals surface area (Å²) in [6, 6.07) is 11.2. The summed E-state index contributed by atoms with van der Waals surface area (Å²) in [5.41, 5.74) is 1.10. The number of ether oxygens (including phenoxy) is 1. The smallest absolute Gasteiger partial charge is 0.339 e. The molecule has 6 heteroatoms. The summed E-state index contributed by atoms with van der Waals surface area (Å²) in [7, 11) is 0. The van der Waals surface area contributed by atoms with Crippen molar-refractivity contribution in [1.29, 1.82) is 0 Å². The first-order chi connectivity index (χ1) is 10.5. The van der Waals surface area contributed by atoms with Gasteiger partial charge in [-0.3, -0.25) is 4.79 Å². The summed E-state index contributed by atoms with van der Waals surface area (Å²) in [6.07, 6.45) is -0.996. The molecule has 1 aliphatic rings. The maximum Gasteiger partial charge on any atom is 0.339 e. The first kappa shape index (κ1) is 14.9. The van der Waals surface area contributed by atoms with Crippen molar-refractivity contribution in [3.8, 4) is 0 Å². The molecule has 1 N–H and O–H groups in total. The molecule has 0 aliphatic carbocycles. The van der Waals surface area contributed by atoms with E-state index < -0.39 is 24.0 Å². The van der Waals surface area contributed by atoms with Gasteiger partial charge in [-0.2, -0.15) is 0 Å². The van der Waals surface area contributed by atoms with Gasteiger partial charge in [-0.15, -0.1) is 0 Å². The Morgan fingerprint density at radius 1 is 1.09 bits per heavy atom. The Hall–Kier alpha value is -2.04. The first-order valence-electron chi connectivity index (χ1n) is 6.46. The van der Waals surface area contributed by atoms with E-state index in [0.717, 1.165) is 0 Å². The predicted molar refractivity (Wildman–Crippen MR) is 81.4 cm³/mol. The van der Waals surface area contributed by atoms with Crippen LogP contribution < -0.4 is 0 Å². The number of cyclic esters (lactones) is 1. The van der Waals surface area contributed by atoms with Crippen LogP contribution in [-0.2, 0) is 9.53 Å². The van der Waals surface area contributed by atoms with Crippen LogP contribution in [0.2, 0.25) is 10.0 Å². The van der Waals surface area contributed by atoms with Crippen molar-refractivity contribution in [1.82, 2.24) is 0 Å². The number of benzene rings is 2. The van der Waals surface area contributed by atoms with E-state index in [1.54, 1.807) is 36.4 Å². The Labute approximate surface area is 136 Å². The number of fused-ring (bicyclic) bond motifs is 1. The molecule has 0 aromatic heterocycles. The molecule has 0 spiro atoms. The van der Waals surface area contributed by atoms with Gasteiger partial charge in [0.05, 0.1) is 5.56 Å². The van der Waals surface area contributed by atoms with Crippen LogP contribution in [0.3, 0.4) is 0 Å². The van der Waals surface area contributed by atoms with Crippen LogP contribution in [0.1, 0.15) is 33.5 Å². The zero-order valence-corrected chi connectivity index (χ0v) is 12.6. The molecule has 2 aromatic rings. The van der Waals surface area contributed by atoms with Gasteiger partial charge in [-0.05, 0) is 23.8 Å². The highest BCUT2D eigenvalue weighted by molar-refractivity contribution is 6.35. The standard InChI is InChI=1S/C16H10Cl2O4/c17-8-5-6-11(12(18)7-8)14-13(15(19)20)9-3-1-2-4-10(9)16(21)22-14/h1-7,13-14H,(H,19,20)/t13-,14-/m1/s1. The van der Waals surface area contributed by atoms with Gasteiger partial charge in [-0.25, -0.2) is 4.79 Å². The van der Waals surface area contributed by atoms with Gasteiger partial charge in [0.25, 0.3) is 0 Å². The van der Waals surface area contributed by atoms with Crippen molar-refractivity contribution in [2.24, 2.45) is 0 Å². The lowest BCUT2D eigenvalue weighted by Crippen LogP contribution is -2.31. The molecular weight excluding hydrogens is 327 g/mol. The highest BCUT2D eigenvalue weighted by atomic mass is 35.5. The van der Waals surface area contributed by atoms with Crippen LogP contribution in [0.15, 0.2) is 42.5 Å². The van der Waals surface area contributed by atoms with Crippen molar-refractivity contribution >= 4 is 35.1 Å². The minimum Gasteiger partial charge on any atom is -0.481 e. The van der Waals surface area contributed by atoms with Crippen molar-refractivity contribution in [3.63, 3.8) is 0 Å². The van der Waals surface area contributed by atoms with Gasteiger partial charge in [0.2, 0.25) is 0 Å². The van der Waals surface area contributed by atoms with Gasteiger partial charge in [0, 0.05) is 15.6 Å². The summed E-state index contributed by atoms with van der Waals surface area (Å²) in [5, 5.41) is 10.3. The molecule has 1 aliphatic heterocycles. The highest BCUT2D eigenvalue weighted by Crippen LogP contribution is 2.43. The Bertz CT molecular complexity index is 772. The number of esters is 1. The SMILES string of the molecule is O=C1O[C@H](c2ccc(Cl)cc2Cl)[C@H](C(=O)O)c2ccccc21. The Morgan fingerprint density at radius 3 is 2.50 bits per heavy atom. The largest absolute Gasteiger partial charge is 0.481 e. The van der Waals surface area contributed by atoms with E-state index in [-0.39, 0.29) is 10.6 Å². The lowest BCUT2D eigenvalue weighted by molar-refractivity contribution is -0.142. The molecule has 3 rings (SSSR count). The Kier molecular flexibility index (Phi) is 3.81. The fourth-order valence-electron chi connectivity index (χ4n) is 2.60. The minimum atomic E-state index is -1.09. The number of hydrogen-bond donors (Lipinski definition) is 1. The van der Waals surface area contributed by atoms with E-state index >= 15 is 0 Å². The van der Waals surface area contributed by atoms with Crippen LogP contribution in [0, 0.1) is 0 Å². The zero-order chi connectivity index (χ0) is 15.9. The number of rotatable bonds is 2. The van der Waals surface area contributed by atoms with E-state index in [9.17, 15) is 14.7 Å². The normalized spacial score (nSPS) is 20.2. The van der Waals surface area contributed by atoms with Crippen LogP contribution in [0.4, 0.5) is 0 Å². The van der Waals surface area contributed by atoms with Gasteiger partial charge < -0.3 is 9.84 Å². The average Bonchev–Trinajstić information content (AvgIpc) is 2.46. The lowest BCUT2D eigenvalue weighted by atomic mass is 9.84. The van der Waals surface area contributed by atoms with Gasteiger partial charge in [-0.1, -0.05) is 47.5 Å². The maximum atomic E-state index is 12.1. The third-order valence-corrected chi connectivity index (χ3v) is 4.15. The fraction of sp³-hybridized carbons (Fsp3) is 0.125. The number of hydrogen-bond acceptors (Lipinski definition) is 3. The van der Waals surface area contributed by atoms with E-state index in [4.69, 9.17) is 27.9 Å². The molecule has 0 radical (unpaired) electrons. The van der Waals surface area contributed by atoms with E-state index in [1.165, 1.54) is 6.07 Å². The maximum absolute atomic E-state index is 12.1. The number of carbonyl (C=O) groups excluding carboxylic acids is 1. The number of halogens is 2. The molecule has 2 aromatic carbocycles. The van der Waals surface area contributed by atoms with Crippen LogP contribution in [0.25, 0.3) is 0 Å². The molecule has 22 heavy (non-hydrogen) atoms. The minimum absolute atomic E-state index is 0.260. The molecule has 0 saturated heterocycles. The average molecular weight is 337 g/mol. The van der Waals surface area contributed by atoms with Crippen molar-refractivity contribution in [2.75, 3.05) is 0 Å². The molecule has 1 heterocycles. The second-order valence-electron chi connectivity index (χ2n) is 4.89. The second kappa shape index (κ2) is 5.63. The van der Waals surface area contributed by atoms with Gasteiger partial charge in [0.1, 0.15) is 12.0 Å². The first-order valence-corrected chi connectivity index (χ1v) is 7.22. The van der Waals surface area contributed by atoms with E-state index in [0.29, 0.717) is 16.1 Å². The third kappa shape index (κ3) is 2.45. The molecule has 2 atom stereocenters. The highest BCUT2D eigenvalue weighted by Gasteiger charge is 2.41. The summed E-state index contributed by atoms with van der Waals surface area (Å²) in [5.74, 6) is -2.67. The van der Waals surface area contributed by atoms with Gasteiger partial charge in [0.15, 0.2) is 0 Å². The summed E-state index contributed by atoms with van der Waals surface area (Å²) in [4.78, 5) is 23.9. The topological polar surface area (TPSA) is 63.6 Å². The molecule has 4 nitrogen and oxygen atoms in total. The van der Waals surface area contributed by atoms with Crippen molar-refractivity contribution in [2.45, 2.75) is 12.0 Å². The van der Waals surface area contributed by atoms with Crippen LogP contribution >= 0.6 is 23.2 Å².